The molecule has 1 atom stereocenters. The molecule has 1 saturated heterocycles. The van der Waals surface area contributed by atoms with E-state index in [0.29, 0.717) is 24.9 Å². The summed E-state index contributed by atoms with van der Waals surface area (Å²) in [6.07, 6.45) is 5.39. The van der Waals surface area contributed by atoms with Crippen LogP contribution in [-0.4, -0.2) is 48.8 Å². The van der Waals surface area contributed by atoms with E-state index in [2.05, 4.69) is 23.5 Å². The number of rotatable bonds is 6. The highest BCUT2D eigenvalue weighted by atomic mass is 32.2. The van der Waals surface area contributed by atoms with Crippen molar-refractivity contribution < 1.29 is 8.42 Å². The first-order chi connectivity index (χ1) is 9.54. The molecule has 2 rings (SSSR count). The molecular formula is C13H21N3O2S2. The van der Waals surface area contributed by atoms with Gasteiger partial charge in [0, 0.05) is 31.1 Å². The molecule has 0 amide bonds. The smallest absolute Gasteiger partial charge is 0.244 e. The van der Waals surface area contributed by atoms with Gasteiger partial charge in [-0.05, 0) is 38.2 Å². The summed E-state index contributed by atoms with van der Waals surface area (Å²) < 4.78 is 26.2. The molecule has 1 aliphatic heterocycles. The van der Waals surface area contributed by atoms with Gasteiger partial charge >= 0.3 is 0 Å². The van der Waals surface area contributed by atoms with E-state index in [9.17, 15) is 8.42 Å². The van der Waals surface area contributed by atoms with E-state index in [0.717, 1.165) is 18.6 Å². The molecule has 0 aromatic carbocycles. The van der Waals surface area contributed by atoms with Crippen LogP contribution in [0.3, 0.4) is 0 Å². The second-order valence-electron chi connectivity index (χ2n) is 4.99. The summed E-state index contributed by atoms with van der Waals surface area (Å²) in [4.78, 5) is 4.49. The molecule has 1 aliphatic rings. The molecule has 20 heavy (non-hydrogen) atoms. The van der Waals surface area contributed by atoms with Gasteiger partial charge in [0.1, 0.15) is 10.7 Å². The summed E-state index contributed by atoms with van der Waals surface area (Å²) in [5.41, 5.74) is 0. The van der Waals surface area contributed by atoms with Crippen LogP contribution < -0.4 is 5.32 Å². The molecule has 0 bridgehead atoms. The van der Waals surface area contributed by atoms with Crippen LogP contribution in [0.2, 0.25) is 0 Å². The van der Waals surface area contributed by atoms with Crippen molar-refractivity contribution >= 4 is 27.6 Å². The average molecular weight is 315 g/mol. The normalized spacial score (nSPS) is 18.1. The van der Waals surface area contributed by atoms with Crippen LogP contribution in [0.4, 0.5) is 5.82 Å². The van der Waals surface area contributed by atoms with Crippen LogP contribution in [0.15, 0.2) is 23.2 Å². The van der Waals surface area contributed by atoms with Gasteiger partial charge in [0.25, 0.3) is 0 Å². The lowest BCUT2D eigenvalue weighted by Crippen LogP contribution is -2.28. The van der Waals surface area contributed by atoms with Crippen molar-refractivity contribution in [3.8, 4) is 0 Å². The first-order valence-electron chi connectivity index (χ1n) is 6.75. The second-order valence-corrected chi connectivity index (χ2v) is 7.84. The van der Waals surface area contributed by atoms with Crippen molar-refractivity contribution in [3.63, 3.8) is 0 Å². The highest BCUT2D eigenvalue weighted by Crippen LogP contribution is 2.21. The first-order valence-corrected chi connectivity index (χ1v) is 9.59. The number of nitrogens with zero attached hydrogens (tertiary/aromatic N) is 2. The van der Waals surface area contributed by atoms with E-state index in [1.807, 2.05) is 0 Å². The summed E-state index contributed by atoms with van der Waals surface area (Å²) >= 11 is 1.76. The van der Waals surface area contributed by atoms with Gasteiger partial charge in [-0.2, -0.15) is 16.1 Å². The number of hydrogen-bond acceptors (Lipinski definition) is 5. The minimum absolute atomic E-state index is 0.280. The Bertz CT molecular complexity index is 525. The lowest BCUT2D eigenvalue weighted by Gasteiger charge is -2.16. The van der Waals surface area contributed by atoms with Crippen LogP contribution in [0, 0.1) is 0 Å². The lowest BCUT2D eigenvalue weighted by atomic mass is 10.4. The summed E-state index contributed by atoms with van der Waals surface area (Å²) in [5, 5.41) is 3.25. The quantitative estimate of drug-likeness (QED) is 0.870. The third kappa shape index (κ3) is 3.65. The molecule has 0 spiro atoms. The predicted octanol–water partition coefficient (Wildman–Crippen LogP) is 2.03. The standard InChI is InChI=1S/C13H21N3O2S2/c1-11(10-19-2)15-13-6-5-12(9-14-13)20(17,18)16-7-3-4-8-16/h5-6,9,11H,3-4,7-8,10H2,1-2H3,(H,14,15). The Morgan fingerprint density at radius 3 is 2.65 bits per heavy atom. The fraction of sp³-hybridized carbons (Fsp3) is 0.615. The highest BCUT2D eigenvalue weighted by Gasteiger charge is 2.27. The third-order valence-electron chi connectivity index (χ3n) is 3.25. The molecule has 5 nitrogen and oxygen atoms in total. The van der Waals surface area contributed by atoms with Crippen molar-refractivity contribution in [3.05, 3.63) is 18.3 Å². The molecule has 1 aromatic rings. The van der Waals surface area contributed by atoms with Gasteiger partial charge in [-0.3, -0.25) is 0 Å². The molecule has 112 valence electrons. The Hall–Kier alpha value is -0.790. The maximum absolute atomic E-state index is 12.3. The molecule has 1 unspecified atom stereocenters. The van der Waals surface area contributed by atoms with Crippen molar-refractivity contribution in [2.75, 3.05) is 30.4 Å². The fourth-order valence-electron chi connectivity index (χ4n) is 2.24. The van der Waals surface area contributed by atoms with Gasteiger partial charge < -0.3 is 5.32 Å². The Morgan fingerprint density at radius 2 is 2.10 bits per heavy atom. The number of aromatic nitrogens is 1. The average Bonchev–Trinajstić information content (AvgIpc) is 2.94. The van der Waals surface area contributed by atoms with E-state index in [-0.39, 0.29) is 4.90 Å². The van der Waals surface area contributed by atoms with E-state index >= 15 is 0 Å². The number of thioether (sulfide) groups is 1. The molecular weight excluding hydrogens is 294 g/mol. The third-order valence-corrected chi connectivity index (χ3v) is 5.97. The van der Waals surface area contributed by atoms with E-state index in [4.69, 9.17) is 0 Å². The molecule has 1 N–H and O–H groups in total. The van der Waals surface area contributed by atoms with Crippen molar-refractivity contribution in [1.82, 2.24) is 9.29 Å². The zero-order valence-electron chi connectivity index (χ0n) is 11.9. The summed E-state index contributed by atoms with van der Waals surface area (Å²) in [5.74, 6) is 1.70. The van der Waals surface area contributed by atoms with Gasteiger partial charge in [-0.15, -0.1) is 0 Å². The summed E-state index contributed by atoms with van der Waals surface area (Å²) in [6.45, 7) is 3.31. The predicted molar refractivity (Wildman–Crippen MR) is 83.7 cm³/mol. The maximum atomic E-state index is 12.3. The number of pyridine rings is 1. The van der Waals surface area contributed by atoms with Crippen LogP contribution in [0.5, 0.6) is 0 Å². The SMILES string of the molecule is CSCC(C)Nc1ccc(S(=O)(=O)N2CCCC2)cn1. The number of sulfonamides is 1. The molecule has 1 fully saturated rings. The minimum atomic E-state index is -3.36. The Labute approximate surface area is 125 Å². The van der Waals surface area contributed by atoms with Crippen LogP contribution in [0.1, 0.15) is 19.8 Å². The molecule has 1 aromatic heterocycles. The summed E-state index contributed by atoms with van der Waals surface area (Å²) in [7, 11) is -3.36. The molecule has 7 heteroatoms. The van der Waals surface area contributed by atoms with Gasteiger partial charge in [0.05, 0.1) is 0 Å². The van der Waals surface area contributed by atoms with Gasteiger partial charge in [-0.1, -0.05) is 0 Å². The van der Waals surface area contributed by atoms with Gasteiger partial charge in [0.2, 0.25) is 10.0 Å². The Kier molecular flexibility index (Phi) is 5.29. The zero-order valence-corrected chi connectivity index (χ0v) is 13.5. The Balaban J connectivity index is 2.07. The Morgan fingerprint density at radius 1 is 1.40 bits per heavy atom. The van der Waals surface area contributed by atoms with Crippen molar-refractivity contribution in [2.24, 2.45) is 0 Å². The lowest BCUT2D eigenvalue weighted by molar-refractivity contribution is 0.477. The molecule has 0 radical (unpaired) electrons. The molecule has 0 saturated carbocycles. The zero-order chi connectivity index (χ0) is 14.6. The van der Waals surface area contributed by atoms with Crippen LogP contribution in [0.25, 0.3) is 0 Å². The number of anilines is 1. The minimum Gasteiger partial charge on any atom is -0.367 e. The fourth-order valence-corrected chi connectivity index (χ4v) is 4.29. The molecule has 0 aliphatic carbocycles. The first kappa shape index (κ1) is 15.6. The number of nitrogens with one attached hydrogen (secondary N) is 1. The largest absolute Gasteiger partial charge is 0.367 e. The number of hydrogen-bond donors (Lipinski definition) is 1. The van der Waals surface area contributed by atoms with Gasteiger partial charge in [0.15, 0.2) is 0 Å². The molecule has 2 heterocycles. The van der Waals surface area contributed by atoms with E-state index in [1.165, 1.54) is 10.5 Å². The highest BCUT2D eigenvalue weighted by molar-refractivity contribution is 7.98. The maximum Gasteiger partial charge on any atom is 0.244 e. The monoisotopic (exact) mass is 315 g/mol. The van der Waals surface area contributed by atoms with Crippen molar-refractivity contribution in [1.29, 1.82) is 0 Å². The summed E-state index contributed by atoms with van der Waals surface area (Å²) in [6, 6.07) is 3.67. The van der Waals surface area contributed by atoms with E-state index in [1.54, 1.807) is 23.9 Å². The topological polar surface area (TPSA) is 62.3 Å². The van der Waals surface area contributed by atoms with Crippen molar-refractivity contribution in [2.45, 2.75) is 30.7 Å². The van der Waals surface area contributed by atoms with Crippen LogP contribution >= 0.6 is 11.8 Å². The second kappa shape index (κ2) is 6.78. The van der Waals surface area contributed by atoms with Crippen LogP contribution in [-0.2, 0) is 10.0 Å². The van der Waals surface area contributed by atoms with Gasteiger partial charge in [-0.25, -0.2) is 13.4 Å². The van der Waals surface area contributed by atoms with E-state index < -0.39 is 10.0 Å².